The largest absolute Gasteiger partial charge is 0.449 e. The molecule has 1 aromatic carbocycles. The van der Waals surface area contributed by atoms with Gasteiger partial charge in [-0.2, -0.15) is 4.98 Å². The molecule has 0 unspecified atom stereocenters. The van der Waals surface area contributed by atoms with Crippen molar-refractivity contribution in [2.45, 2.75) is 26.7 Å². The van der Waals surface area contributed by atoms with Crippen molar-refractivity contribution in [3.8, 4) is 11.3 Å². The number of nitrogens with one attached hydrogen (secondary N) is 2. The van der Waals surface area contributed by atoms with E-state index in [9.17, 15) is 9.59 Å². The first-order valence-electron chi connectivity index (χ1n) is 8.23. The molecular weight excluding hydrogens is 354 g/mol. The summed E-state index contributed by atoms with van der Waals surface area (Å²) in [6.45, 7) is 3.86. The van der Waals surface area contributed by atoms with Gasteiger partial charge in [-0.25, -0.2) is 9.31 Å². The van der Waals surface area contributed by atoms with Crippen molar-refractivity contribution in [3.05, 3.63) is 29.6 Å². The van der Waals surface area contributed by atoms with Crippen molar-refractivity contribution in [1.29, 1.82) is 0 Å². The second-order valence-corrected chi connectivity index (χ2v) is 6.46. The third kappa shape index (κ3) is 4.17. The quantitative estimate of drug-likeness (QED) is 0.641. The van der Waals surface area contributed by atoms with Gasteiger partial charge in [-0.1, -0.05) is 25.5 Å². The monoisotopic (exact) mass is 373 g/mol. The molecule has 3 aromatic rings. The van der Waals surface area contributed by atoms with Gasteiger partial charge in [0, 0.05) is 23.6 Å². The number of aromatic nitrogens is 3. The number of rotatable bonds is 6. The van der Waals surface area contributed by atoms with Gasteiger partial charge < -0.3 is 10.1 Å². The summed E-state index contributed by atoms with van der Waals surface area (Å²) in [5, 5.41) is 11.5. The average Bonchev–Trinajstić information content (AvgIpc) is 3.15. The maximum absolute atomic E-state index is 11.7. The summed E-state index contributed by atoms with van der Waals surface area (Å²) >= 11 is 1.42. The molecule has 8 nitrogen and oxygen atoms in total. The summed E-state index contributed by atoms with van der Waals surface area (Å²) in [6.07, 6.45) is 1.21. The number of fused-ring (bicyclic) bond motifs is 1. The Balaban J connectivity index is 1.75. The molecule has 0 saturated heterocycles. The van der Waals surface area contributed by atoms with E-state index in [0.29, 0.717) is 11.6 Å². The Kier molecular flexibility index (Phi) is 5.47. The normalized spacial score (nSPS) is 10.7. The van der Waals surface area contributed by atoms with Gasteiger partial charge in [-0.15, -0.1) is 16.4 Å². The zero-order valence-corrected chi connectivity index (χ0v) is 15.3. The molecule has 0 saturated carbocycles. The van der Waals surface area contributed by atoms with E-state index in [4.69, 9.17) is 4.74 Å². The van der Waals surface area contributed by atoms with Gasteiger partial charge in [0.15, 0.2) is 0 Å². The van der Waals surface area contributed by atoms with E-state index in [1.165, 1.54) is 18.3 Å². The fraction of sp³-hybridized carbons (Fsp3) is 0.294. The second kappa shape index (κ2) is 7.96. The summed E-state index contributed by atoms with van der Waals surface area (Å²) in [5.74, 6) is 0.0861. The molecule has 26 heavy (non-hydrogen) atoms. The van der Waals surface area contributed by atoms with Crippen molar-refractivity contribution >= 4 is 39.9 Å². The molecule has 136 valence electrons. The van der Waals surface area contributed by atoms with E-state index in [2.05, 4.69) is 20.7 Å². The Labute approximate surface area is 154 Å². The lowest BCUT2D eigenvalue weighted by Gasteiger charge is -2.04. The Morgan fingerprint density at radius 1 is 1.23 bits per heavy atom. The van der Waals surface area contributed by atoms with Crippen LogP contribution in [0.3, 0.4) is 0 Å². The minimum Gasteiger partial charge on any atom is -0.449 e. The van der Waals surface area contributed by atoms with Crippen LogP contribution >= 0.6 is 11.3 Å². The highest BCUT2D eigenvalue weighted by molar-refractivity contribution is 7.15. The third-order valence-electron chi connectivity index (χ3n) is 3.53. The number of thiazole rings is 1. The van der Waals surface area contributed by atoms with Crippen LogP contribution in [0.4, 0.5) is 16.4 Å². The van der Waals surface area contributed by atoms with Gasteiger partial charge in [-0.3, -0.25) is 10.1 Å². The Morgan fingerprint density at radius 2 is 2.00 bits per heavy atom. The lowest BCUT2D eigenvalue weighted by molar-refractivity contribution is -0.114. The lowest BCUT2D eigenvalue weighted by Crippen LogP contribution is -2.15. The number of ether oxygens (including phenoxy) is 1. The number of benzene rings is 1. The molecule has 0 radical (unpaired) electrons. The molecule has 2 N–H and O–H groups in total. The zero-order chi connectivity index (χ0) is 18.5. The van der Waals surface area contributed by atoms with Gasteiger partial charge in [0.25, 0.3) is 5.95 Å². The van der Waals surface area contributed by atoms with Crippen LogP contribution < -0.4 is 10.6 Å². The van der Waals surface area contributed by atoms with Gasteiger partial charge in [-0.05, 0) is 18.6 Å². The number of amides is 2. The molecule has 0 aliphatic heterocycles. The predicted octanol–water partition coefficient (Wildman–Crippen LogP) is 3.76. The van der Waals surface area contributed by atoms with E-state index < -0.39 is 6.09 Å². The van der Waals surface area contributed by atoms with Gasteiger partial charge >= 0.3 is 6.09 Å². The number of anilines is 2. The maximum Gasteiger partial charge on any atom is 0.414 e. The molecule has 3 rings (SSSR count). The highest BCUT2D eigenvalue weighted by atomic mass is 32.1. The van der Waals surface area contributed by atoms with Gasteiger partial charge in [0.2, 0.25) is 10.9 Å². The molecular formula is C17H19N5O3S. The Morgan fingerprint density at radius 3 is 2.69 bits per heavy atom. The molecule has 2 amide bonds. The van der Waals surface area contributed by atoms with E-state index in [1.54, 1.807) is 4.52 Å². The molecule has 0 aliphatic rings. The molecule has 0 fully saturated rings. The molecule has 2 heterocycles. The first-order valence-corrected chi connectivity index (χ1v) is 9.11. The number of hydrogen-bond donors (Lipinski definition) is 2. The first-order chi connectivity index (χ1) is 12.6. The topological polar surface area (TPSA) is 97.6 Å². The van der Waals surface area contributed by atoms with Crippen molar-refractivity contribution in [3.63, 3.8) is 0 Å². The van der Waals surface area contributed by atoms with Crippen molar-refractivity contribution in [1.82, 2.24) is 14.6 Å². The van der Waals surface area contributed by atoms with Crippen LogP contribution in [-0.2, 0) is 9.53 Å². The lowest BCUT2D eigenvalue weighted by atomic mass is 10.1. The average molecular weight is 373 g/mol. The van der Waals surface area contributed by atoms with Crippen molar-refractivity contribution in [2.75, 3.05) is 17.2 Å². The smallest absolute Gasteiger partial charge is 0.414 e. The van der Waals surface area contributed by atoms with Crippen molar-refractivity contribution in [2.24, 2.45) is 0 Å². The maximum atomic E-state index is 11.7. The van der Waals surface area contributed by atoms with Gasteiger partial charge in [0.05, 0.1) is 12.3 Å². The number of carbonyl (C=O) groups is 2. The molecule has 2 aromatic heterocycles. The number of unbranched alkanes of at least 4 members (excludes halogenated alkanes) is 1. The fourth-order valence-corrected chi connectivity index (χ4v) is 3.13. The zero-order valence-electron chi connectivity index (χ0n) is 14.5. The number of carbonyl (C=O) groups excluding carboxylic acids is 2. The number of hydrogen-bond acceptors (Lipinski definition) is 6. The predicted molar refractivity (Wildman–Crippen MR) is 100 cm³/mol. The summed E-state index contributed by atoms with van der Waals surface area (Å²) in [4.78, 5) is 27.8. The Bertz CT molecular complexity index is 916. The third-order valence-corrected chi connectivity index (χ3v) is 4.34. The van der Waals surface area contributed by atoms with Crippen LogP contribution in [0.5, 0.6) is 0 Å². The highest BCUT2D eigenvalue weighted by Gasteiger charge is 2.14. The van der Waals surface area contributed by atoms with Gasteiger partial charge in [0.1, 0.15) is 0 Å². The first kappa shape index (κ1) is 17.9. The second-order valence-electron chi connectivity index (χ2n) is 5.62. The Hall–Kier alpha value is -2.94. The molecule has 0 spiro atoms. The molecule has 0 atom stereocenters. The van der Waals surface area contributed by atoms with E-state index in [1.807, 2.05) is 36.6 Å². The van der Waals surface area contributed by atoms with Crippen LogP contribution in [0, 0.1) is 0 Å². The highest BCUT2D eigenvalue weighted by Crippen LogP contribution is 2.27. The summed E-state index contributed by atoms with van der Waals surface area (Å²) in [5.41, 5.74) is 2.50. The molecule has 9 heteroatoms. The number of nitrogens with zero attached hydrogens (tertiary/aromatic N) is 3. The van der Waals surface area contributed by atoms with E-state index in [-0.39, 0.29) is 11.9 Å². The van der Waals surface area contributed by atoms with Crippen LogP contribution in [0.1, 0.15) is 26.7 Å². The van der Waals surface area contributed by atoms with Crippen LogP contribution in [0.2, 0.25) is 0 Å². The minimum atomic E-state index is -0.557. The van der Waals surface area contributed by atoms with Crippen molar-refractivity contribution < 1.29 is 14.3 Å². The molecule has 0 bridgehead atoms. The van der Waals surface area contributed by atoms with E-state index in [0.717, 1.165) is 29.8 Å². The summed E-state index contributed by atoms with van der Waals surface area (Å²) in [6, 6.07) is 7.42. The summed E-state index contributed by atoms with van der Waals surface area (Å²) in [7, 11) is 0. The minimum absolute atomic E-state index is 0.117. The standard InChI is InChI=1S/C17H19N5O3S/c1-3-4-9-25-17(24)20-15-19-16-22(21-15)14(10-26-16)12-5-7-13(8-6-12)18-11(2)23/h5-8,10H,3-4,9H2,1-2H3,(H,18,23)(H,20,21,24). The molecule has 0 aliphatic carbocycles. The van der Waals surface area contributed by atoms with Crippen LogP contribution in [0.15, 0.2) is 29.6 Å². The van der Waals surface area contributed by atoms with Crippen LogP contribution in [0.25, 0.3) is 16.2 Å². The fourth-order valence-electron chi connectivity index (χ4n) is 2.30. The SMILES string of the molecule is CCCCOC(=O)Nc1nc2scc(-c3ccc(NC(C)=O)cc3)n2n1. The van der Waals surface area contributed by atoms with E-state index >= 15 is 0 Å². The van der Waals surface area contributed by atoms with Crippen LogP contribution in [-0.4, -0.2) is 33.2 Å². The summed E-state index contributed by atoms with van der Waals surface area (Å²) < 4.78 is 6.71.